The zero-order valence-corrected chi connectivity index (χ0v) is 16.0. The van der Waals surface area contributed by atoms with Crippen LogP contribution in [0.5, 0.6) is 0 Å². The smallest absolute Gasteiger partial charge is 0.225 e. The van der Waals surface area contributed by atoms with Gasteiger partial charge in [0, 0.05) is 37.4 Å². The molecule has 1 aliphatic carbocycles. The zero-order valence-electron chi connectivity index (χ0n) is 16.0. The summed E-state index contributed by atoms with van der Waals surface area (Å²) in [4.78, 5) is 13.6. The number of likely N-dealkylation sites (N-methyl/N-ethyl adjacent to an activating group) is 1. The minimum absolute atomic E-state index is 0.385. The highest BCUT2D eigenvalue weighted by atomic mass is 15.4. The molecule has 0 bridgehead atoms. The van der Waals surface area contributed by atoms with Gasteiger partial charge in [0.25, 0.3) is 0 Å². The van der Waals surface area contributed by atoms with Crippen molar-refractivity contribution in [1.82, 2.24) is 29.8 Å². The van der Waals surface area contributed by atoms with E-state index >= 15 is 0 Å². The third-order valence-corrected chi connectivity index (χ3v) is 5.76. The van der Waals surface area contributed by atoms with Gasteiger partial charge in [-0.25, -0.2) is 9.97 Å². The molecule has 0 N–H and O–H groups in total. The van der Waals surface area contributed by atoms with E-state index in [-0.39, 0.29) is 0 Å². The van der Waals surface area contributed by atoms with Crippen molar-refractivity contribution in [3.05, 3.63) is 35.4 Å². The SMILES string of the molecule is Cc1cc(C)nc(N(C)C2CN(c3ccc4nnc(C5CCC5)n4n3)C2)n1. The van der Waals surface area contributed by atoms with Crippen LogP contribution in [0, 0.1) is 13.8 Å². The molecule has 27 heavy (non-hydrogen) atoms. The van der Waals surface area contributed by atoms with Crippen molar-refractivity contribution in [3.63, 3.8) is 0 Å². The van der Waals surface area contributed by atoms with E-state index in [1.54, 1.807) is 0 Å². The van der Waals surface area contributed by atoms with Gasteiger partial charge in [-0.2, -0.15) is 4.52 Å². The molecule has 0 atom stereocenters. The van der Waals surface area contributed by atoms with E-state index in [4.69, 9.17) is 5.10 Å². The van der Waals surface area contributed by atoms with Gasteiger partial charge < -0.3 is 9.80 Å². The lowest BCUT2D eigenvalue weighted by molar-refractivity contribution is 0.394. The van der Waals surface area contributed by atoms with Gasteiger partial charge in [-0.15, -0.1) is 15.3 Å². The lowest BCUT2D eigenvalue weighted by Gasteiger charge is -2.44. The summed E-state index contributed by atoms with van der Waals surface area (Å²) >= 11 is 0. The Morgan fingerprint density at radius 2 is 1.78 bits per heavy atom. The quantitative estimate of drug-likeness (QED) is 0.702. The Morgan fingerprint density at radius 3 is 2.44 bits per heavy atom. The van der Waals surface area contributed by atoms with Gasteiger partial charge in [-0.3, -0.25) is 0 Å². The molecule has 1 saturated carbocycles. The number of anilines is 2. The monoisotopic (exact) mass is 364 g/mol. The Labute approximate surface area is 158 Å². The van der Waals surface area contributed by atoms with Gasteiger partial charge in [0.2, 0.25) is 5.95 Å². The number of nitrogens with zero attached hydrogens (tertiary/aromatic N) is 8. The molecule has 5 rings (SSSR count). The van der Waals surface area contributed by atoms with Crippen LogP contribution in [0.3, 0.4) is 0 Å². The van der Waals surface area contributed by atoms with E-state index in [2.05, 4.69) is 37.0 Å². The number of fused-ring (bicyclic) bond motifs is 1. The minimum Gasteiger partial charge on any atom is -0.351 e. The molecule has 3 aromatic rings. The zero-order chi connectivity index (χ0) is 18.5. The molecule has 1 aliphatic heterocycles. The Morgan fingerprint density at radius 1 is 1.04 bits per heavy atom. The van der Waals surface area contributed by atoms with Crippen molar-refractivity contribution >= 4 is 17.4 Å². The molecule has 0 unspecified atom stereocenters. The van der Waals surface area contributed by atoms with E-state index < -0.39 is 0 Å². The molecule has 3 aromatic heterocycles. The maximum atomic E-state index is 4.82. The molecular formula is C19H24N8. The Bertz CT molecular complexity index is 966. The van der Waals surface area contributed by atoms with Crippen LogP contribution in [-0.2, 0) is 0 Å². The molecule has 0 amide bonds. The topological polar surface area (TPSA) is 75.3 Å². The number of aromatic nitrogens is 6. The van der Waals surface area contributed by atoms with Crippen LogP contribution in [0.15, 0.2) is 18.2 Å². The Hall–Kier alpha value is -2.77. The fraction of sp³-hybridized carbons (Fsp3) is 0.526. The van der Waals surface area contributed by atoms with Crippen molar-refractivity contribution in [2.75, 3.05) is 29.9 Å². The summed E-state index contributed by atoms with van der Waals surface area (Å²) in [5, 5.41) is 13.5. The molecule has 8 nitrogen and oxygen atoms in total. The maximum Gasteiger partial charge on any atom is 0.225 e. The number of hydrogen-bond donors (Lipinski definition) is 0. The van der Waals surface area contributed by atoms with Crippen molar-refractivity contribution in [2.45, 2.75) is 45.1 Å². The molecule has 4 heterocycles. The highest BCUT2D eigenvalue weighted by molar-refractivity contribution is 5.50. The van der Waals surface area contributed by atoms with Crippen LogP contribution in [-0.4, -0.2) is 56.0 Å². The van der Waals surface area contributed by atoms with Crippen LogP contribution < -0.4 is 9.80 Å². The number of rotatable bonds is 4. The molecule has 0 radical (unpaired) electrons. The van der Waals surface area contributed by atoms with E-state index in [9.17, 15) is 0 Å². The largest absolute Gasteiger partial charge is 0.351 e. The first-order chi connectivity index (χ1) is 13.1. The van der Waals surface area contributed by atoms with Crippen LogP contribution in [0.1, 0.15) is 42.4 Å². The molecule has 0 aromatic carbocycles. The minimum atomic E-state index is 0.385. The second kappa shape index (κ2) is 6.14. The lowest BCUT2D eigenvalue weighted by atomic mass is 9.85. The third kappa shape index (κ3) is 2.79. The van der Waals surface area contributed by atoms with E-state index in [0.717, 1.165) is 47.7 Å². The molecular weight excluding hydrogens is 340 g/mol. The standard InChI is InChI=1S/C19H24N8/c1-12-9-13(2)21-19(20-12)25(3)15-10-26(11-15)17-8-7-16-22-23-18(27(16)24-17)14-5-4-6-14/h7-9,14-15H,4-6,10-11H2,1-3H3. The summed E-state index contributed by atoms with van der Waals surface area (Å²) in [5.41, 5.74) is 2.84. The van der Waals surface area contributed by atoms with Gasteiger partial charge in [-0.05, 0) is 44.9 Å². The van der Waals surface area contributed by atoms with E-state index in [0.29, 0.717) is 12.0 Å². The average molecular weight is 364 g/mol. The maximum absolute atomic E-state index is 4.82. The Kier molecular flexibility index (Phi) is 3.73. The van der Waals surface area contributed by atoms with Crippen molar-refractivity contribution in [2.24, 2.45) is 0 Å². The van der Waals surface area contributed by atoms with Crippen LogP contribution >= 0.6 is 0 Å². The predicted molar refractivity (Wildman–Crippen MR) is 103 cm³/mol. The Balaban J connectivity index is 1.32. The number of hydrogen-bond acceptors (Lipinski definition) is 7. The fourth-order valence-electron chi connectivity index (χ4n) is 3.80. The highest BCUT2D eigenvalue weighted by Crippen LogP contribution is 2.35. The fourth-order valence-corrected chi connectivity index (χ4v) is 3.80. The van der Waals surface area contributed by atoms with Gasteiger partial charge in [0.1, 0.15) is 5.82 Å². The highest BCUT2D eigenvalue weighted by Gasteiger charge is 2.33. The lowest BCUT2D eigenvalue weighted by Crippen LogP contribution is -2.59. The average Bonchev–Trinajstić information content (AvgIpc) is 2.94. The molecule has 2 aliphatic rings. The van der Waals surface area contributed by atoms with Crippen molar-refractivity contribution < 1.29 is 0 Å². The molecule has 2 fully saturated rings. The molecule has 1 saturated heterocycles. The second-order valence-corrected chi connectivity index (χ2v) is 7.77. The summed E-state index contributed by atoms with van der Waals surface area (Å²) in [7, 11) is 2.07. The second-order valence-electron chi connectivity index (χ2n) is 7.77. The molecule has 8 heteroatoms. The normalized spacial score (nSPS) is 17.8. The van der Waals surface area contributed by atoms with Gasteiger partial charge in [0.05, 0.1) is 6.04 Å². The van der Waals surface area contributed by atoms with Gasteiger partial charge in [0.15, 0.2) is 11.5 Å². The summed E-state index contributed by atoms with van der Waals surface area (Å²) < 4.78 is 1.93. The van der Waals surface area contributed by atoms with E-state index in [1.165, 1.54) is 19.3 Å². The summed E-state index contributed by atoms with van der Waals surface area (Å²) in [6.45, 7) is 5.84. The van der Waals surface area contributed by atoms with Crippen LogP contribution in [0.4, 0.5) is 11.8 Å². The van der Waals surface area contributed by atoms with E-state index in [1.807, 2.05) is 36.6 Å². The van der Waals surface area contributed by atoms with Gasteiger partial charge in [-0.1, -0.05) is 6.42 Å². The first kappa shape index (κ1) is 16.4. The predicted octanol–water partition coefficient (Wildman–Crippen LogP) is 2.12. The summed E-state index contributed by atoms with van der Waals surface area (Å²) in [5.74, 6) is 3.30. The van der Waals surface area contributed by atoms with Crippen LogP contribution in [0.25, 0.3) is 5.65 Å². The first-order valence-corrected chi connectivity index (χ1v) is 9.61. The van der Waals surface area contributed by atoms with Crippen molar-refractivity contribution in [1.29, 1.82) is 0 Å². The molecule has 0 spiro atoms. The summed E-state index contributed by atoms with van der Waals surface area (Å²) in [6.07, 6.45) is 3.66. The van der Waals surface area contributed by atoms with Crippen LogP contribution in [0.2, 0.25) is 0 Å². The number of aryl methyl sites for hydroxylation is 2. The third-order valence-electron chi connectivity index (χ3n) is 5.76. The van der Waals surface area contributed by atoms with Gasteiger partial charge >= 0.3 is 0 Å². The molecule has 140 valence electrons. The first-order valence-electron chi connectivity index (χ1n) is 9.61. The summed E-state index contributed by atoms with van der Waals surface area (Å²) in [6, 6.07) is 6.44. The van der Waals surface area contributed by atoms with Crippen molar-refractivity contribution in [3.8, 4) is 0 Å².